The molecule has 0 saturated heterocycles. The minimum atomic E-state index is 1.04. The molecule has 2 aromatic rings. The summed E-state index contributed by atoms with van der Waals surface area (Å²) in [6.07, 6.45) is 0. The van der Waals surface area contributed by atoms with Crippen LogP contribution in [0.5, 0.6) is 0 Å². The molecule has 0 fully saturated rings. The minimum Gasteiger partial charge on any atom is -0.310 e. The molecule has 2 rings (SSSR count). The van der Waals surface area contributed by atoms with Gasteiger partial charge in [-0.1, -0.05) is 12.1 Å². The van der Waals surface area contributed by atoms with Gasteiger partial charge in [-0.05, 0) is 18.6 Å². The first-order valence-electron chi connectivity index (χ1n) is 3.54. The van der Waals surface area contributed by atoms with E-state index in [9.17, 15) is 0 Å². The molecule has 11 heavy (non-hydrogen) atoms. The van der Waals surface area contributed by atoms with Gasteiger partial charge in [0.25, 0.3) is 0 Å². The summed E-state index contributed by atoms with van der Waals surface area (Å²) in [4.78, 5) is 0. The molecule has 0 aliphatic heterocycles. The van der Waals surface area contributed by atoms with Crippen molar-refractivity contribution in [2.75, 3.05) is 0 Å². The van der Waals surface area contributed by atoms with E-state index < -0.39 is 0 Å². The van der Waals surface area contributed by atoms with Gasteiger partial charge in [0.15, 0.2) is 0 Å². The first kappa shape index (κ1) is 6.81. The molecule has 0 radical (unpaired) electrons. The Kier molecular flexibility index (Phi) is 1.43. The zero-order valence-electron chi connectivity index (χ0n) is 6.57. The van der Waals surface area contributed by atoms with Crippen LogP contribution in [0.3, 0.4) is 0 Å². The van der Waals surface area contributed by atoms with Crippen LogP contribution in [0.25, 0.3) is 11.0 Å². The van der Waals surface area contributed by atoms with Crippen molar-refractivity contribution in [3.05, 3.63) is 23.8 Å². The topological polar surface area (TPSA) is 17.8 Å². The summed E-state index contributed by atoms with van der Waals surface area (Å²) in [5.74, 6) is 0. The molecular weight excluding hydrogens is 155 g/mol. The maximum absolute atomic E-state index is 4.38. The molecule has 0 unspecified atom stereocenters. The van der Waals surface area contributed by atoms with Crippen molar-refractivity contribution in [1.82, 2.24) is 9.08 Å². The van der Waals surface area contributed by atoms with Gasteiger partial charge in [0.2, 0.25) is 0 Å². The number of aryl methyl sites for hydroxylation is 2. The van der Waals surface area contributed by atoms with Crippen LogP contribution in [-0.2, 0) is 7.05 Å². The van der Waals surface area contributed by atoms with Crippen LogP contribution in [0.2, 0.25) is 0 Å². The smallest absolute Gasteiger partial charge is 0.132 e. The number of rotatable bonds is 0. The molecule has 56 valence electrons. The summed E-state index contributed by atoms with van der Waals surface area (Å²) in [7, 11) is 3.09. The van der Waals surface area contributed by atoms with Crippen LogP contribution in [0.15, 0.2) is 18.2 Å². The molecule has 1 aromatic carbocycles. The highest BCUT2D eigenvalue weighted by molar-refractivity contribution is 7.21. The van der Waals surface area contributed by atoms with Crippen LogP contribution in [0.1, 0.15) is 5.56 Å². The number of aromatic nitrogens is 2. The fraction of sp³-hybridized carbons (Fsp3) is 0.250. The molecule has 0 N–H and O–H groups in total. The van der Waals surface area contributed by atoms with Crippen molar-refractivity contribution in [1.29, 1.82) is 0 Å². The van der Waals surface area contributed by atoms with Gasteiger partial charge in [-0.2, -0.15) is 0 Å². The fourth-order valence-electron chi connectivity index (χ4n) is 1.19. The van der Waals surface area contributed by atoms with Crippen molar-refractivity contribution in [2.45, 2.75) is 6.92 Å². The molecule has 0 spiro atoms. The average molecular weight is 164 g/mol. The lowest BCUT2D eigenvalue weighted by atomic mass is 10.2. The third-order valence-electron chi connectivity index (χ3n) is 1.84. The molecule has 2 nitrogen and oxygen atoms in total. The second-order valence-electron chi connectivity index (χ2n) is 2.66. The number of benzene rings is 1. The first-order chi connectivity index (χ1) is 5.29. The fourth-order valence-corrected chi connectivity index (χ4v) is 1.94. The lowest BCUT2D eigenvalue weighted by Crippen LogP contribution is -1.81. The molecule has 0 amide bonds. The Morgan fingerprint density at radius 2 is 2.27 bits per heavy atom. The van der Waals surface area contributed by atoms with Gasteiger partial charge in [-0.3, -0.25) is 0 Å². The summed E-state index contributed by atoms with van der Waals surface area (Å²) in [5, 5.41) is 0. The number of hydrogen-bond acceptors (Lipinski definition) is 1. The molecule has 1 aromatic heterocycles. The maximum atomic E-state index is 4.38. The molecule has 0 atom stereocenters. The molecule has 0 aliphatic carbocycles. The van der Waals surface area contributed by atoms with Gasteiger partial charge in [0.1, 0.15) is 8.51 Å². The maximum Gasteiger partial charge on any atom is 0.132 e. The van der Waals surface area contributed by atoms with Crippen molar-refractivity contribution in [3.63, 3.8) is 0 Å². The minimum absolute atomic E-state index is 1.04. The Hall–Kier alpha value is -0.880. The van der Waals surface area contributed by atoms with E-state index in [4.69, 9.17) is 0 Å². The predicted molar refractivity (Wildman–Crippen MR) is 48.0 cm³/mol. The van der Waals surface area contributed by atoms with E-state index in [1.807, 2.05) is 0 Å². The number of hydrogen-bond donors (Lipinski definition) is 0. The molecule has 0 bridgehead atoms. The SMILES string of the molecule is Cc1cccc2c1npn2C. The summed E-state index contributed by atoms with van der Waals surface area (Å²) in [6.45, 7) is 2.09. The highest BCUT2D eigenvalue weighted by Gasteiger charge is 2.00. The Balaban J connectivity index is 2.94. The van der Waals surface area contributed by atoms with Crippen LogP contribution < -0.4 is 0 Å². The highest BCUT2D eigenvalue weighted by atomic mass is 31.1. The van der Waals surface area contributed by atoms with Crippen LogP contribution >= 0.6 is 8.51 Å². The van der Waals surface area contributed by atoms with Crippen molar-refractivity contribution in [2.24, 2.45) is 7.05 Å². The van der Waals surface area contributed by atoms with Crippen LogP contribution in [-0.4, -0.2) is 9.08 Å². The highest BCUT2D eigenvalue weighted by Crippen LogP contribution is 2.19. The summed E-state index contributed by atoms with van der Waals surface area (Å²) in [5.41, 5.74) is 3.66. The lowest BCUT2D eigenvalue weighted by Gasteiger charge is -1.94. The Labute approximate surface area is 67.1 Å². The molecule has 0 aliphatic rings. The summed E-state index contributed by atoms with van der Waals surface area (Å²) >= 11 is 0. The Bertz CT molecular complexity index is 392. The van der Waals surface area contributed by atoms with Gasteiger partial charge < -0.3 is 4.33 Å². The lowest BCUT2D eigenvalue weighted by molar-refractivity contribution is 1.08. The predicted octanol–water partition coefficient (Wildman–Crippen LogP) is 2.46. The summed E-state index contributed by atoms with van der Waals surface area (Å²) in [6, 6.07) is 6.27. The third kappa shape index (κ3) is 0.945. The zero-order valence-corrected chi connectivity index (χ0v) is 7.47. The van der Waals surface area contributed by atoms with Gasteiger partial charge in [0.05, 0.1) is 11.0 Å². The monoisotopic (exact) mass is 164 g/mol. The van der Waals surface area contributed by atoms with Crippen LogP contribution in [0, 0.1) is 6.92 Å². The van der Waals surface area contributed by atoms with Gasteiger partial charge in [0, 0.05) is 7.05 Å². The Morgan fingerprint density at radius 3 is 3.00 bits per heavy atom. The average Bonchev–Trinajstić information content (AvgIpc) is 2.35. The van der Waals surface area contributed by atoms with Crippen molar-refractivity contribution >= 4 is 19.5 Å². The summed E-state index contributed by atoms with van der Waals surface area (Å²) < 4.78 is 6.51. The second kappa shape index (κ2) is 2.31. The quantitative estimate of drug-likeness (QED) is 0.584. The van der Waals surface area contributed by atoms with E-state index in [0.717, 1.165) is 14.0 Å². The molecule has 3 heteroatoms. The third-order valence-corrected chi connectivity index (χ3v) is 2.62. The van der Waals surface area contributed by atoms with E-state index in [1.165, 1.54) is 11.1 Å². The van der Waals surface area contributed by atoms with Crippen molar-refractivity contribution < 1.29 is 0 Å². The van der Waals surface area contributed by atoms with Crippen molar-refractivity contribution in [3.8, 4) is 0 Å². The van der Waals surface area contributed by atoms with E-state index in [0.29, 0.717) is 0 Å². The van der Waals surface area contributed by atoms with E-state index in [-0.39, 0.29) is 0 Å². The van der Waals surface area contributed by atoms with E-state index in [2.05, 4.69) is 41.2 Å². The van der Waals surface area contributed by atoms with Crippen LogP contribution in [0.4, 0.5) is 0 Å². The van der Waals surface area contributed by atoms with E-state index in [1.54, 1.807) is 0 Å². The number of fused-ring (bicyclic) bond motifs is 1. The largest absolute Gasteiger partial charge is 0.310 e. The normalized spacial score (nSPS) is 11.5. The Morgan fingerprint density at radius 1 is 1.45 bits per heavy atom. The molecule has 0 saturated carbocycles. The molecular formula is C8H9N2P. The second-order valence-corrected chi connectivity index (χ2v) is 3.63. The van der Waals surface area contributed by atoms with Gasteiger partial charge >= 0.3 is 0 Å². The molecule has 1 heterocycles. The first-order valence-corrected chi connectivity index (χ1v) is 4.34. The zero-order chi connectivity index (χ0) is 7.84. The standard InChI is InChI=1S/C8H9N2P/c1-6-4-3-5-7-8(6)9-11-10(7)2/h3-5H,1-2H3. The van der Waals surface area contributed by atoms with E-state index >= 15 is 0 Å². The van der Waals surface area contributed by atoms with Gasteiger partial charge in [-0.25, -0.2) is 4.75 Å². The number of nitrogens with zero attached hydrogens (tertiary/aromatic N) is 2. The van der Waals surface area contributed by atoms with Gasteiger partial charge in [-0.15, -0.1) is 0 Å².